The molecule has 1 N–H and O–H groups in total. The van der Waals surface area contributed by atoms with E-state index in [-0.39, 0.29) is 18.9 Å². The molecule has 0 aliphatic heterocycles. The van der Waals surface area contributed by atoms with E-state index in [0.29, 0.717) is 22.8 Å². The van der Waals surface area contributed by atoms with Crippen LogP contribution in [0.1, 0.15) is 25.3 Å². The molecule has 0 aliphatic carbocycles. The number of nitrogens with zero attached hydrogens (tertiary/aromatic N) is 1. The molecule has 0 heterocycles. The Labute approximate surface area is 160 Å². The topological polar surface area (TPSA) is 66.5 Å². The predicted octanol–water partition coefficient (Wildman–Crippen LogP) is 4.09. The van der Waals surface area contributed by atoms with E-state index >= 15 is 0 Å². The average Bonchev–Trinajstić information content (AvgIpc) is 2.60. The SMILES string of the molecule is CCc1ccc(N(CCCC(=O)Nc2ccc(Cl)cc2)S(C)(=O)=O)cc1. The summed E-state index contributed by atoms with van der Waals surface area (Å²) in [5.41, 5.74) is 2.42. The molecule has 26 heavy (non-hydrogen) atoms. The second kappa shape index (κ2) is 9.05. The smallest absolute Gasteiger partial charge is 0.232 e. The van der Waals surface area contributed by atoms with Gasteiger partial charge >= 0.3 is 0 Å². The number of carbonyl (C=O) groups is 1. The lowest BCUT2D eigenvalue weighted by Crippen LogP contribution is -2.31. The summed E-state index contributed by atoms with van der Waals surface area (Å²) in [5.74, 6) is -0.165. The lowest BCUT2D eigenvalue weighted by molar-refractivity contribution is -0.116. The van der Waals surface area contributed by atoms with Crippen molar-refractivity contribution < 1.29 is 13.2 Å². The van der Waals surface area contributed by atoms with Crippen molar-refractivity contribution in [1.29, 1.82) is 0 Å². The molecule has 140 valence electrons. The van der Waals surface area contributed by atoms with Crippen molar-refractivity contribution in [3.8, 4) is 0 Å². The molecule has 0 saturated carbocycles. The lowest BCUT2D eigenvalue weighted by Gasteiger charge is -2.22. The maximum atomic E-state index is 12.1. The number of aryl methyl sites for hydroxylation is 1. The van der Waals surface area contributed by atoms with Gasteiger partial charge in [0.15, 0.2) is 0 Å². The molecule has 0 aromatic heterocycles. The van der Waals surface area contributed by atoms with Gasteiger partial charge in [-0.2, -0.15) is 0 Å². The van der Waals surface area contributed by atoms with Crippen LogP contribution in [-0.2, 0) is 21.2 Å². The number of anilines is 2. The predicted molar refractivity (Wildman–Crippen MR) is 107 cm³/mol. The highest BCUT2D eigenvalue weighted by Crippen LogP contribution is 2.20. The normalized spacial score (nSPS) is 11.2. The van der Waals surface area contributed by atoms with Crippen LogP contribution in [0.25, 0.3) is 0 Å². The minimum atomic E-state index is -3.41. The molecular formula is C19H23ClN2O3S. The van der Waals surface area contributed by atoms with E-state index in [9.17, 15) is 13.2 Å². The van der Waals surface area contributed by atoms with Crippen LogP contribution in [0.5, 0.6) is 0 Å². The fourth-order valence-electron chi connectivity index (χ4n) is 2.52. The van der Waals surface area contributed by atoms with Crippen molar-refractivity contribution in [3.63, 3.8) is 0 Å². The van der Waals surface area contributed by atoms with Crippen molar-refractivity contribution >= 4 is 38.9 Å². The summed E-state index contributed by atoms with van der Waals surface area (Å²) in [6.45, 7) is 2.29. The zero-order chi connectivity index (χ0) is 19.2. The first-order valence-corrected chi connectivity index (χ1v) is 10.6. The third-order valence-electron chi connectivity index (χ3n) is 3.93. The van der Waals surface area contributed by atoms with Gasteiger partial charge in [-0.1, -0.05) is 30.7 Å². The van der Waals surface area contributed by atoms with Gasteiger partial charge in [-0.15, -0.1) is 0 Å². The molecule has 7 heteroatoms. The Balaban J connectivity index is 1.94. The standard InChI is InChI=1S/C19H23ClN2O3S/c1-3-15-6-12-18(13-7-15)22(26(2,24)25)14-4-5-19(23)21-17-10-8-16(20)9-11-17/h6-13H,3-5,14H2,1-2H3,(H,21,23). The monoisotopic (exact) mass is 394 g/mol. The van der Waals surface area contributed by atoms with Gasteiger partial charge in [-0.05, 0) is 54.8 Å². The number of amides is 1. The molecule has 0 radical (unpaired) electrons. The van der Waals surface area contributed by atoms with Gasteiger partial charge in [0.1, 0.15) is 0 Å². The van der Waals surface area contributed by atoms with Gasteiger partial charge in [0.2, 0.25) is 15.9 Å². The maximum Gasteiger partial charge on any atom is 0.232 e. The molecule has 2 rings (SSSR count). The minimum Gasteiger partial charge on any atom is -0.326 e. The second-order valence-corrected chi connectivity index (χ2v) is 8.36. The largest absolute Gasteiger partial charge is 0.326 e. The summed E-state index contributed by atoms with van der Waals surface area (Å²) in [5, 5.41) is 3.37. The first kappa shape index (κ1) is 20.3. The Morgan fingerprint density at radius 1 is 1.08 bits per heavy atom. The number of nitrogens with one attached hydrogen (secondary N) is 1. The molecule has 0 atom stereocenters. The Morgan fingerprint density at radius 3 is 2.23 bits per heavy atom. The first-order chi connectivity index (χ1) is 12.3. The maximum absolute atomic E-state index is 12.1. The molecule has 0 spiro atoms. The van der Waals surface area contributed by atoms with Crippen LogP contribution in [0, 0.1) is 0 Å². The fraction of sp³-hybridized carbons (Fsp3) is 0.316. The molecule has 0 bridgehead atoms. The molecular weight excluding hydrogens is 372 g/mol. The first-order valence-electron chi connectivity index (χ1n) is 8.41. The van der Waals surface area contributed by atoms with Crippen LogP contribution in [-0.4, -0.2) is 27.1 Å². The fourth-order valence-corrected chi connectivity index (χ4v) is 3.62. The van der Waals surface area contributed by atoms with Crippen LogP contribution >= 0.6 is 11.6 Å². The van der Waals surface area contributed by atoms with E-state index in [0.717, 1.165) is 12.0 Å². The van der Waals surface area contributed by atoms with Crippen LogP contribution in [0.15, 0.2) is 48.5 Å². The Bertz CT molecular complexity index is 834. The molecule has 2 aromatic rings. The van der Waals surface area contributed by atoms with E-state index in [2.05, 4.69) is 5.32 Å². The van der Waals surface area contributed by atoms with E-state index in [1.54, 1.807) is 36.4 Å². The molecule has 0 aliphatic rings. The van der Waals surface area contributed by atoms with Crippen LogP contribution in [0.2, 0.25) is 5.02 Å². The number of hydrogen-bond acceptors (Lipinski definition) is 3. The molecule has 0 saturated heterocycles. The van der Waals surface area contributed by atoms with Crippen molar-refractivity contribution in [2.75, 3.05) is 22.4 Å². The summed E-state index contributed by atoms with van der Waals surface area (Å²) in [6.07, 6.45) is 2.71. The van der Waals surface area contributed by atoms with Gasteiger partial charge in [0, 0.05) is 23.7 Å². The minimum absolute atomic E-state index is 0.165. The van der Waals surface area contributed by atoms with Crippen molar-refractivity contribution in [2.45, 2.75) is 26.2 Å². The number of hydrogen-bond donors (Lipinski definition) is 1. The molecule has 5 nitrogen and oxygen atoms in total. The average molecular weight is 395 g/mol. The van der Waals surface area contributed by atoms with Crippen LogP contribution in [0.4, 0.5) is 11.4 Å². The number of sulfonamides is 1. The highest BCUT2D eigenvalue weighted by Gasteiger charge is 2.17. The number of rotatable bonds is 8. The van der Waals surface area contributed by atoms with Crippen LogP contribution in [0.3, 0.4) is 0 Å². The summed E-state index contributed by atoms with van der Waals surface area (Å²) >= 11 is 5.81. The summed E-state index contributed by atoms with van der Waals surface area (Å²) in [7, 11) is -3.41. The highest BCUT2D eigenvalue weighted by atomic mass is 35.5. The van der Waals surface area contributed by atoms with Crippen molar-refractivity contribution in [1.82, 2.24) is 0 Å². The van der Waals surface area contributed by atoms with E-state index < -0.39 is 10.0 Å². The lowest BCUT2D eigenvalue weighted by atomic mass is 10.1. The van der Waals surface area contributed by atoms with Gasteiger partial charge in [-0.3, -0.25) is 9.10 Å². The number of carbonyl (C=O) groups excluding carboxylic acids is 1. The summed E-state index contributed by atoms with van der Waals surface area (Å²) in [6, 6.07) is 14.3. The summed E-state index contributed by atoms with van der Waals surface area (Å²) < 4.78 is 25.5. The quantitative estimate of drug-likeness (QED) is 0.733. The van der Waals surface area contributed by atoms with Gasteiger partial charge < -0.3 is 5.32 Å². The van der Waals surface area contributed by atoms with Gasteiger partial charge in [0.05, 0.1) is 11.9 Å². The van der Waals surface area contributed by atoms with Crippen molar-refractivity contribution in [2.24, 2.45) is 0 Å². The van der Waals surface area contributed by atoms with Crippen LogP contribution < -0.4 is 9.62 Å². The molecule has 0 unspecified atom stereocenters. The number of halogens is 1. The Hall–Kier alpha value is -2.05. The molecule has 1 amide bonds. The van der Waals surface area contributed by atoms with E-state index in [1.165, 1.54) is 10.6 Å². The third-order valence-corrected chi connectivity index (χ3v) is 5.37. The van der Waals surface area contributed by atoms with Gasteiger partial charge in [-0.25, -0.2) is 8.42 Å². The Morgan fingerprint density at radius 2 is 1.69 bits per heavy atom. The number of benzene rings is 2. The molecule has 2 aromatic carbocycles. The Kier molecular flexibility index (Phi) is 7.06. The van der Waals surface area contributed by atoms with E-state index in [1.807, 2.05) is 19.1 Å². The third kappa shape index (κ3) is 6.04. The summed E-state index contributed by atoms with van der Waals surface area (Å²) in [4.78, 5) is 12.0. The van der Waals surface area contributed by atoms with Crippen molar-refractivity contribution in [3.05, 3.63) is 59.1 Å². The van der Waals surface area contributed by atoms with Gasteiger partial charge in [0.25, 0.3) is 0 Å². The highest BCUT2D eigenvalue weighted by molar-refractivity contribution is 7.92. The zero-order valence-electron chi connectivity index (χ0n) is 14.9. The van der Waals surface area contributed by atoms with E-state index in [4.69, 9.17) is 11.6 Å². The zero-order valence-corrected chi connectivity index (χ0v) is 16.5. The second-order valence-electron chi connectivity index (χ2n) is 6.01. The molecule has 0 fully saturated rings.